The minimum absolute atomic E-state index is 0.0121. The van der Waals surface area contributed by atoms with Crippen LogP contribution in [-0.2, 0) is 6.42 Å². The quantitative estimate of drug-likeness (QED) is 0.646. The summed E-state index contributed by atoms with van der Waals surface area (Å²) >= 11 is 0. The Morgan fingerprint density at radius 2 is 2.26 bits per heavy atom. The van der Waals surface area contributed by atoms with Crippen molar-refractivity contribution >= 4 is 11.6 Å². The molecule has 0 radical (unpaired) electrons. The van der Waals surface area contributed by atoms with Crippen LogP contribution in [0.15, 0.2) is 24.7 Å². The largest absolute Gasteiger partial charge is 0.365 e. The Labute approximate surface area is 108 Å². The van der Waals surface area contributed by atoms with Crippen molar-refractivity contribution in [3.05, 3.63) is 46.2 Å². The number of hydrogen-bond donors (Lipinski definition) is 1. The minimum Gasteiger partial charge on any atom is -0.365 e. The Morgan fingerprint density at radius 1 is 1.53 bits per heavy atom. The van der Waals surface area contributed by atoms with Gasteiger partial charge in [0, 0.05) is 24.9 Å². The van der Waals surface area contributed by atoms with Gasteiger partial charge in [-0.15, -0.1) is 0 Å². The number of carbonyl (C=O) groups is 1. The first kappa shape index (κ1) is 12.7. The average Bonchev–Trinajstić information content (AvgIpc) is 2.85. The van der Waals surface area contributed by atoms with Crippen LogP contribution in [0.25, 0.3) is 5.82 Å². The molecule has 0 atom stereocenters. The van der Waals surface area contributed by atoms with Crippen molar-refractivity contribution in [1.82, 2.24) is 14.5 Å². The van der Waals surface area contributed by atoms with Crippen molar-refractivity contribution in [3.8, 4) is 5.82 Å². The molecule has 0 saturated heterocycles. The minimum atomic E-state index is -0.776. The highest BCUT2D eigenvalue weighted by atomic mass is 16.6. The van der Waals surface area contributed by atoms with Gasteiger partial charge in [-0.05, 0) is 0 Å². The van der Waals surface area contributed by atoms with Gasteiger partial charge in [0.25, 0.3) is 11.6 Å². The number of pyridine rings is 1. The van der Waals surface area contributed by atoms with Gasteiger partial charge < -0.3 is 5.73 Å². The summed E-state index contributed by atoms with van der Waals surface area (Å²) in [6.07, 6.45) is 4.90. The van der Waals surface area contributed by atoms with Crippen LogP contribution in [0.1, 0.15) is 23.1 Å². The van der Waals surface area contributed by atoms with Crippen LogP contribution in [-0.4, -0.2) is 25.4 Å². The first-order valence-corrected chi connectivity index (χ1v) is 5.51. The standard InChI is InChI=1S/C11H11N5O3/c1-2-9-13-3-4-15(9)11-8(10(12)17)5-7(6-14-11)16(18)19/h3-6H,2H2,1H3,(H2,12,17). The van der Waals surface area contributed by atoms with Crippen LogP contribution >= 0.6 is 0 Å². The van der Waals surface area contributed by atoms with Gasteiger partial charge >= 0.3 is 0 Å². The third kappa shape index (κ3) is 2.28. The van der Waals surface area contributed by atoms with E-state index >= 15 is 0 Å². The fraction of sp³-hybridized carbons (Fsp3) is 0.182. The molecule has 1 amide bonds. The Hall–Kier alpha value is -2.77. The monoisotopic (exact) mass is 261 g/mol. The maximum Gasteiger partial charge on any atom is 0.288 e. The average molecular weight is 261 g/mol. The number of primary amides is 1. The summed E-state index contributed by atoms with van der Waals surface area (Å²) in [4.78, 5) is 29.5. The molecule has 19 heavy (non-hydrogen) atoms. The van der Waals surface area contributed by atoms with E-state index in [1.165, 1.54) is 0 Å². The molecular weight excluding hydrogens is 250 g/mol. The van der Waals surface area contributed by atoms with Gasteiger partial charge in [-0.1, -0.05) is 6.92 Å². The summed E-state index contributed by atoms with van der Waals surface area (Å²) < 4.78 is 1.59. The van der Waals surface area contributed by atoms with Crippen LogP contribution in [0.4, 0.5) is 5.69 Å². The molecule has 2 rings (SSSR count). The number of aryl methyl sites for hydroxylation is 1. The van der Waals surface area contributed by atoms with Gasteiger partial charge in [0.05, 0.1) is 10.5 Å². The first-order chi connectivity index (χ1) is 9.04. The molecule has 0 bridgehead atoms. The zero-order valence-electron chi connectivity index (χ0n) is 10.1. The normalized spacial score (nSPS) is 10.4. The van der Waals surface area contributed by atoms with Gasteiger partial charge in [0.15, 0.2) is 5.82 Å². The number of nitro groups is 1. The summed E-state index contributed by atoms with van der Waals surface area (Å²) in [7, 11) is 0. The molecule has 0 saturated carbocycles. The molecule has 0 aromatic carbocycles. The van der Waals surface area contributed by atoms with Crippen molar-refractivity contribution < 1.29 is 9.72 Å². The predicted octanol–water partition coefficient (Wildman–Crippen LogP) is 0.837. The van der Waals surface area contributed by atoms with E-state index in [0.717, 1.165) is 12.3 Å². The maximum atomic E-state index is 11.4. The summed E-state index contributed by atoms with van der Waals surface area (Å²) in [5.74, 6) is 0.151. The lowest BCUT2D eigenvalue weighted by atomic mass is 10.2. The molecule has 0 aliphatic heterocycles. The lowest BCUT2D eigenvalue weighted by Gasteiger charge is -2.08. The molecule has 0 spiro atoms. The number of nitrogens with zero attached hydrogens (tertiary/aromatic N) is 4. The lowest BCUT2D eigenvalue weighted by molar-refractivity contribution is -0.385. The molecule has 8 heteroatoms. The van der Waals surface area contributed by atoms with Gasteiger partial charge in [-0.2, -0.15) is 0 Å². The molecular formula is C11H11N5O3. The highest BCUT2D eigenvalue weighted by Crippen LogP contribution is 2.19. The van der Waals surface area contributed by atoms with E-state index in [0.29, 0.717) is 12.2 Å². The third-order valence-corrected chi connectivity index (χ3v) is 2.59. The number of carbonyl (C=O) groups excluding carboxylic acids is 1. The molecule has 2 aromatic heterocycles. The number of imidazole rings is 1. The van der Waals surface area contributed by atoms with E-state index in [1.54, 1.807) is 17.0 Å². The molecule has 2 heterocycles. The van der Waals surface area contributed by atoms with E-state index < -0.39 is 10.8 Å². The van der Waals surface area contributed by atoms with E-state index in [9.17, 15) is 14.9 Å². The van der Waals surface area contributed by atoms with Gasteiger partial charge in [0.1, 0.15) is 12.0 Å². The third-order valence-electron chi connectivity index (χ3n) is 2.59. The molecule has 0 aliphatic rings. The second-order valence-corrected chi connectivity index (χ2v) is 3.75. The Bertz CT molecular complexity index is 650. The summed E-state index contributed by atoms with van der Waals surface area (Å²) in [5.41, 5.74) is 4.95. The highest BCUT2D eigenvalue weighted by molar-refractivity contribution is 5.96. The SMILES string of the molecule is CCc1nccn1-c1ncc([N+](=O)[O-])cc1C(N)=O. The van der Waals surface area contributed by atoms with Crippen molar-refractivity contribution in [2.75, 3.05) is 0 Å². The van der Waals surface area contributed by atoms with Gasteiger partial charge in [-0.3, -0.25) is 19.5 Å². The first-order valence-electron chi connectivity index (χ1n) is 5.51. The van der Waals surface area contributed by atoms with Crippen LogP contribution in [0.3, 0.4) is 0 Å². The lowest BCUT2D eigenvalue weighted by Crippen LogP contribution is -2.17. The number of rotatable bonds is 4. The van der Waals surface area contributed by atoms with Gasteiger partial charge in [0.2, 0.25) is 0 Å². The van der Waals surface area contributed by atoms with Crippen LogP contribution in [0.2, 0.25) is 0 Å². The Kier molecular flexibility index (Phi) is 3.23. The summed E-state index contributed by atoms with van der Waals surface area (Å²) in [5, 5.41) is 10.7. The number of amides is 1. The zero-order chi connectivity index (χ0) is 14.0. The van der Waals surface area contributed by atoms with E-state index in [2.05, 4.69) is 9.97 Å². The predicted molar refractivity (Wildman–Crippen MR) is 65.9 cm³/mol. The zero-order valence-corrected chi connectivity index (χ0v) is 10.1. The number of aromatic nitrogens is 3. The topological polar surface area (TPSA) is 117 Å². The molecule has 0 aliphatic carbocycles. The Morgan fingerprint density at radius 3 is 2.84 bits per heavy atom. The second kappa shape index (κ2) is 4.84. The molecule has 2 N–H and O–H groups in total. The van der Waals surface area contributed by atoms with Gasteiger partial charge in [-0.25, -0.2) is 9.97 Å². The maximum absolute atomic E-state index is 11.4. The molecule has 2 aromatic rings. The fourth-order valence-electron chi connectivity index (χ4n) is 1.71. The molecule has 8 nitrogen and oxygen atoms in total. The molecule has 0 unspecified atom stereocenters. The van der Waals surface area contributed by atoms with Crippen LogP contribution in [0, 0.1) is 10.1 Å². The number of hydrogen-bond acceptors (Lipinski definition) is 5. The summed E-state index contributed by atoms with van der Waals surface area (Å²) in [6, 6.07) is 1.12. The van der Waals surface area contributed by atoms with Crippen LogP contribution < -0.4 is 5.73 Å². The van der Waals surface area contributed by atoms with E-state index in [1.807, 2.05) is 6.92 Å². The van der Waals surface area contributed by atoms with Crippen LogP contribution in [0.5, 0.6) is 0 Å². The van der Waals surface area contributed by atoms with Crippen molar-refractivity contribution in [2.45, 2.75) is 13.3 Å². The van der Waals surface area contributed by atoms with Crippen molar-refractivity contribution in [3.63, 3.8) is 0 Å². The second-order valence-electron chi connectivity index (χ2n) is 3.75. The van der Waals surface area contributed by atoms with E-state index in [4.69, 9.17) is 5.73 Å². The van der Waals surface area contributed by atoms with E-state index in [-0.39, 0.29) is 17.1 Å². The smallest absolute Gasteiger partial charge is 0.288 e. The Balaban J connectivity index is 2.63. The summed E-state index contributed by atoms with van der Waals surface area (Å²) in [6.45, 7) is 1.90. The van der Waals surface area contributed by atoms with Crippen molar-refractivity contribution in [2.24, 2.45) is 5.73 Å². The number of nitrogens with two attached hydrogens (primary N) is 1. The highest BCUT2D eigenvalue weighted by Gasteiger charge is 2.18. The molecule has 98 valence electrons. The fourth-order valence-corrected chi connectivity index (χ4v) is 1.71. The van der Waals surface area contributed by atoms with Crippen molar-refractivity contribution in [1.29, 1.82) is 0 Å². The molecule has 0 fully saturated rings.